The molecule has 0 N–H and O–H groups in total. The summed E-state index contributed by atoms with van der Waals surface area (Å²) >= 11 is 0. The fraction of sp³-hybridized carbons (Fsp3) is 0.545. The summed E-state index contributed by atoms with van der Waals surface area (Å²) in [6, 6.07) is 2.11. The van der Waals surface area contributed by atoms with Crippen molar-refractivity contribution in [2.45, 2.75) is 64.0 Å². The van der Waals surface area contributed by atoms with Gasteiger partial charge in [-0.2, -0.15) is 4.31 Å². The molecular formula is C22H26N2O3S. The summed E-state index contributed by atoms with van der Waals surface area (Å²) in [7, 11) is -3.18. The molecule has 2 bridgehead atoms. The molecule has 4 aliphatic rings. The fourth-order valence-corrected chi connectivity index (χ4v) is 6.46. The largest absolute Gasteiger partial charge is 0.299 e. The highest BCUT2D eigenvalue weighted by Crippen LogP contribution is 2.42. The Morgan fingerprint density at radius 2 is 2.07 bits per heavy atom. The molecule has 2 aliphatic carbocycles. The van der Waals surface area contributed by atoms with Crippen LogP contribution < -0.4 is 0 Å². The number of ketones is 1. The molecular weight excluding hydrogens is 372 g/mol. The molecule has 1 aromatic heterocycles. The zero-order valence-electron chi connectivity index (χ0n) is 16.2. The molecule has 148 valence electrons. The van der Waals surface area contributed by atoms with Gasteiger partial charge in [0.05, 0.1) is 11.4 Å². The van der Waals surface area contributed by atoms with Crippen LogP contribution in [0.4, 0.5) is 0 Å². The number of sulfonamides is 1. The molecule has 2 atom stereocenters. The van der Waals surface area contributed by atoms with E-state index in [0.29, 0.717) is 12.2 Å². The maximum Gasteiger partial charge on any atom is 0.214 e. The van der Waals surface area contributed by atoms with Crippen LogP contribution in [0.2, 0.25) is 0 Å². The molecule has 0 amide bonds. The average Bonchev–Trinajstić information content (AvgIpc) is 3.36. The van der Waals surface area contributed by atoms with Gasteiger partial charge in [0, 0.05) is 42.1 Å². The highest BCUT2D eigenvalue weighted by molar-refractivity contribution is 7.89. The summed E-state index contributed by atoms with van der Waals surface area (Å²) in [6.07, 6.45) is 12.2. The number of pyridine rings is 1. The van der Waals surface area contributed by atoms with Gasteiger partial charge in [0.15, 0.2) is 0 Å². The van der Waals surface area contributed by atoms with Gasteiger partial charge in [-0.25, -0.2) is 8.42 Å². The molecule has 0 aromatic carbocycles. The average molecular weight is 399 g/mol. The third kappa shape index (κ3) is 3.07. The zero-order chi connectivity index (χ0) is 19.5. The van der Waals surface area contributed by atoms with Crippen LogP contribution in [-0.4, -0.2) is 41.3 Å². The molecule has 1 saturated carbocycles. The van der Waals surface area contributed by atoms with Crippen LogP contribution in [0.5, 0.6) is 0 Å². The topological polar surface area (TPSA) is 67.3 Å². The first kappa shape index (κ1) is 18.3. The number of nitrogens with zero attached hydrogens (tertiary/aromatic N) is 2. The van der Waals surface area contributed by atoms with E-state index in [-0.39, 0.29) is 23.8 Å². The lowest BCUT2D eigenvalue weighted by molar-refractivity contribution is -0.119. The second-order valence-electron chi connectivity index (χ2n) is 8.47. The second kappa shape index (κ2) is 6.63. The molecule has 1 saturated heterocycles. The third-order valence-corrected chi connectivity index (χ3v) is 8.48. The van der Waals surface area contributed by atoms with E-state index in [1.807, 2.05) is 0 Å². The first-order valence-electron chi connectivity index (χ1n) is 10.4. The number of carbonyl (C=O) groups is 1. The molecule has 0 spiro atoms. The van der Waals surface area contributed by atoms with Crippen molar-refractivity contribution in [2.75, 3.05) is 5.75 Å². The Morgan fingerprint density at radius 3 is 2.79 bits per heavy atom. The fourth-order valence-electron chi connectivity index (χ4n) is 4.95. The summed E-state index contributed by atoms with van der Waals surface area (Å²) in [5, 5.41) is 0. The van der Waals surface area contributed by atoms with Crippen molar-refractivity contribution in [1.82, 2.24) is 9.29 Å². The van der Waals surface area contributed by atoms with Crippen LogP contribution in [0.1, 0.15) is 61.5 Å². The molecule has 3 heterocycles. The van der Waals surface area contributed by atoms with Crippen LogP contribution in [0.15, 0.2) is 18.2 Å². The van der Waals surface area contributed by atoms with Crippen molar-refractivity contribution in [3.63, 3.8) is 0 Å². The third-order valence-electron chi connectivity index (χ3n) is 6.54. The number of fused-ring (bicyclic) bond motifs is 3. The van der Waals surface area contributed by atoms with Gasteiger partial charge in [-0.15, -0.1) is 0 Å². The quantitative estimate of drug-likeness (QED) is 0.738. The Labute approximate surface area is 166 Å². The highest BCUT2D eigenvalue weighted by Gasteiger charge is 2.43. The predicted molar refractivity (Wildman–Crippen MR) is 109 cm³/mol. The van der Waals surface area contributed by atoms with Gasteiger partial charge < -0.3 is 0 Å². The minimum Gasteiger partial charge on any atom is -0.299 e. The monoisotopic (exact) mass is 398 g/mol. The van der Waals surface area contributed by atoms with Crippen molar-refractivity contribution in [3.05, 3.63) is 40.7 Å². The number of Topliss-reactive ketones (excluding diaryl/α,β-unsaturated/α-hetero) is 1. The van der Waals surface area contributed by atoms with Gasteiger partial charge in [-0.05, 0) is 56.2 Å². The minimum atomic E-state index is -3.18. The lowest BCUT2D eigenvalue weighted by atomic mass is 9.91. The summed E-state index contributed by atoms with van der Waals surface area (Å²) < 4.78 is 26.8. The van der Waals surface area contributed by atoms with E-state index in [2.05, 4.69) is 24.3 Å². The number of hydrogen-bond donors (Lipinski definition) is 0. The second-order valence-corrected chi connectivity index (χ2v) is 10.6. The van der Waals surface area contributed by atoms with Crippen LogP contribution in [-0.2, 0) is 27.7 Å². The van der Waals surface area contributed by atoms with Gasteiger partial charge in [0.1, 0.15) is 5.78 Å². The molecule has 2 aliphatic heterocycles. The first-order chi connectivity index (χ1) is 13.5. The van der Waals surface area contributed by atoms with Gasteiger partial charge in [0.25, 0.3) is 0 Å². The number of carbonyl (C=O) groups excluding carboxylic acids is 1. The number of rotatable bonds is 6. The van der Waals surface area contributed by atoms with Crippen LogP contribution in [0, 0.1) is 5.92 Å². The maximum atomic E-state index is 12.5. The Bertz CT molecular complexity index is 1000. The smallest absolute Gasteiger partial charge is 0.214 e. The first-order valence-corrected chi connectivity index (χ1v) is 12.0. The zero-order valence-corrected chi connectivity index (χ0v) is 17.0. The SMILES string of the molecule is CCS(=O)(=O)N1C2C=C(c3cc(CC(=O)C4CC4)nc4c3C=CC4)CC1CC2. The number of allylic oxidation sites excluding steroid dienone is 1. The highest BCUT2D eigenvalue weighted by atomic mass is 32.2. The minimum absolute atomic E-state index is 0.0376. The molecule has 0 radical (unpaired) electrons. The predicted octanol–water partition coefficient (Wildman–Crippen LogP) is 3.14. The Balaban J connectivity index is 1.51. The van der Waals surface area contributed by atoms with Crippen molar-refractivity contribution < 1.29 is 13.2 Å². The van der Waals surface area contributed by atoms with Gasteiger partial charge in [-0.3, -0.25) is 9.78 Å². The van der Waals surface area contributed by atoms with Crippen LogP contribution >= 0.6 is 0 Å². The van der Waals surface area contributed by atoms with E-state index in [9.17, 15) is 13.2 Å². The molecule has 6 heteroatoms. The van der Waals surface area contributed by atoms with Crippen LogP contribution in [0.3, 0.4) is 0 Å². The van der Waals surface area contributed by atoms with E-state index < -0.39 is 10.0 Å². The van der Waals surface area contributed by atoms with Gasteiger partial charge in [0.2, 0.25) is 10.0 Å². The van der Waals surface area contributed by atoms with Gasteiger partial charge >= 0.3 is 0 Å². The Kier molecular flexibility index (Phi) is 4.32. The van der Waals surface area contributed by atoms with Crippen LogP contribution in [0.25, 0.3) is 11.6 Å². The Morgan fingerprint density at radius 1 is 1.25 bits per heavy atom. The van der Waals surface area contributed by atoms with Crippen molar-refractivity contribution in [1.29, 1.82) is 0 Å². The number of aromatic nitrogens is 1. The summed E-state index contributed by atoms with van der Waals surface area (Å²) in [6.45, 7) is 1.72. The van der Waals surface area contributed by atoms with Crippen molar-refractivity contribution >= 4 is 27.5 Å². The van der Waals surface area contributed by atoms with Crippen molar-refractivity contribution in [3.8, 4) is 0 Å². The summed E-state index contributed by atoms with van der Waals surface area (Å²) in [5.41, 5.74) is 5.45. The van der Waals surface area contributed by atoms with Gasteiger partial charge in [-0.1, -0.05) is 18.2 Å². The molecule has 5 rings (SSSR count). The van der Waals surface area contributed by atoms with E-state index in [1.165, 1.54) is 5.57 Å². The number of hydrogen-bond acceptors (Lipinski definition) is 4. The molecule has 2 unspecified atom stereocenters. The normalized spacial score (nSPS) is 26.4. The maximum absolute atomic E-state index is 12.5. The standard InChI is InChI=1S/C22H26N2O3S/c1-2-28(26,27)24-17-8-9-18(24)11-15(10-17)20-12-16(13-22(25)14-6-7-14)23-21-5-3-4-19(20)21/h3-4,10,12,14,17-18H,2,5-9,11,13H2,1H3. The molecule has 2 fully saturated rings. The molecule has 5 nitrogen and oxygen atoms in total. The summed E-state index contributed by atoms with van der Waals surface area (Å²) in [5.74, 6) is 0.709. The van der Waals surface area contributed by atoms with E-state index in [1.54, 1.807) is 11.2 Å². The summed E-state index contributed by atoms with van der Waals surface area (Å²) in [4.78, 5) is 17.1. The molecule has 1 aromatic rings. The molecule has 28 heavy (non-hydrogen) atoms. The lowest BCUT2D eigenvalue weighted by Crippen LogP contribution is -2.43. The lowest BCUT2D eigenvalue weighted by Gasteiger charge is -2.33. The van der Waals surface area contributed by atoms with E-state index >= 15 is 0 Å². The van der Waals surface area contributed by atoms with E-state index in [4.69, 9.17) is 4.98 Å². The van der Waals surface area contributed by atoms with E-state index in [0.717, 1.165) is 61.0 Å². The van der Waals surface area contributed by atoms with Crippen molar-refractivity contribution in [2.24, 2.45) is 5.92 Å². The Hall–Kier alpha value is -1.79.